The van der Waals surface area contributed by atoms with Crippen LogP contribution in [0, 0.1) is 0 Å². The number of thiazole rings is 1. The van der Waals surface area contributed by atoms with Crippen molar-refractivity contribution in [3.63, 3.8) is 0 Å². The smallest absolute Gasteiger partial charge is 0.274 e. The van der Waals surface area contributed by atoms with E-state index in [0.29, 0.717) is 17.2 Å². The van der Waals surface area contributed by atoms with E-state index in [1.165, 1.54) is 4.88 Å². The molecule has 0 saturated carbocycles. The molecule has 198 valence electrons. The van der Waals surface area contributed by atoms with Crippen molar-refractivity contribution in [2.75, 3.05) is 43.9 Å². The zero-order valence-electron chi connectivity index (χ0n) is 23.0. The van der Waals surface area contributed by atoms with E-state index in [2.05, 4.69) is 52.8 Å². The quantitative estimate of drug-likeness (QED) is 0.279. The second-order valence-corrected chi connectivity index (χ2v) is 11.5. The first-order chi connectivity index (χ1) is 18.2. The fourth-order valence-electron chi connectivity index (χ4n) is 3.89. The third-order valence-corrected chi connectivity index (χ3v) is 7.61. The highest BCUT2D eigenvalue weighted by Gasteiger charge is 2.21. The second kappa shape index (κ2) is 11.8. The first-order valence-electron chi connectivity index (χ1n) is 12.9. The van der Waals surface area contributed by atoms with Crippen LogP contribution in [-0.4, -0.2) is 59.5 Å². The lowest BCUT2D eigenvalue weighted by Crippen LogP contribution is -2.32. The summed E-state index contributed by atoms with van der Waals surface area (Å²) >= 11 is 1.65. The summed E-state index contributed by atoms with van der Waals surface area (Å²) in [5.74, 6) is 0.977. The van der Waals surface area contributed by atoms with E-state index in [1.54, 1.807) is 17.4 Å². The fraction of sp³-hybridized carbons (Fsp3) is 0.333. The molecule has 0 unspecified atom stereocenters. The zero-order chi connectivity index (χ0) is 27.3. The van der Waals surface area contributed by atoms with Crippen LogP contribution in [0.25, 0.3) is 22.0 Å². The topological polar surface area (TPSA) is 74.2 Å². The van der Waals surface area contributed by atoms with Gasteiger partial charge in [0.1, 0.15) is 16.5 Å². The summed E-state index contributed by atoms with van der Waals surface area (Å²) in [5.41, 5.74) is 2.79. The number of para-hydroxylation sites is 1. The fourth-order valence-corrected chi connectivity index (χ4v) is 4.91. The van der Waals surface area contributed by atoms with Crippen LogP contribution in [0.4, 0.5) is 11.5 Å². The van der Waals surface area contributed by atoms with Crippen molar-refractivity contribution in [2.45, 2.75) is 33.1 Å². The molecule has 2 aromatic carbocycles. The lowest BCUT2D eigenvalue weighted by atomic mass is 9.96. The Morgan fingerprint density at radius 2 is 1.68 bits per heavy atom. The minimum atomic E-state index is -0.283. The summed E-state index contributed by atoms with van der Waals surface area (Å²) in [4.78, 5) is 33.3. The van der Waals surface area contributed by atoms with Gasteiger partial charge in [0.25, 0.3) is 5.91 Å². The number of anilines is 2. The zero-order valence-corrected chi connectivity index (χ0v) is 23.8. The Morgan fingerprint density at radius 1 is 0.974 bits per heavy atom. The molecule has 2 aromatic heterocycles. The SMILES string of the molecule is CCN(CCN(C)C)c1cc(C(=O)Nc2ccccc2-c2ncc(C(C)(C)C)s2)nc(-c2ccccc2)n1. The molecule has 0 radical (unpaired) electrons. The molecule has 0 atom stereocenters. The maximum atomic E-state index is 13.6. The average molecular weight is 529 g/mol. The number of carbonyl (C=O) groups is 1. The van der Waals surface area contributed by atoms with Gasteiger partial charge in [-0.1, -0.05) is 63.2 Å². The second-order valence-electron chi connectivity index (χ2n) is 10.5. The van der Waals surface area contributed by atoms with E-state index >= 15 is 0 Å². The number of rotatable bonds is 9. The van der Waals surface area contributed by atoms with Crippen molar-refractivity contribution in [1.82, 2.24) is 19.9 Å². The minimum absolute atomic E-state index is 0.0110. The van der Waals surface area contributed by atoms with Gasteiger partial charge in [-0.3, -0.25) is 4.79 Å². The Labute approximate surface area is 229 Å². The molecule has 1 amide bonds. The van der Waals surface area contributed by atoms with Gasteiger partial charge >= 0.3 is 0 Å². The average Bonchev–Trinajstić information content (AvgIpc) is 3.41. The van der Waals surface area contributed by atoms with Crippen molar-refractivity contribution < 1.29 is 4.79 Å². The predicted octanol–water partition coefficient (Wildman–Crippen LogP) is 6.20. The van der Waals surface area contributed by atoms with Crippen LogP contribution < -0.4 is 10.2 Å². The molecule has 38 heavy (non-hydrogen) atoms. The summed E-state index contributed by atoms with van der Waals surface area (Å²) in [6.45, 7) is 11.0. The monoisotopic (exact) mass is 528 g/mol. The molecule has 0 aliphatic heterocycles. The first-order valence-corrected chi connectivity index (χ1v) is 13.7. The van der Waals surface area contributed by atoms with E-state index in [-0.39, 0.29) is 11.3 Å². The number of hydrogen-bond donors (Lipinski definition) is 1. The number of nitrogens with one attached hydrogen (secondary N) is 1. The Morgan fingerprint density at radius 3 is 2.34 bits per heavy atom. The molecule has 0 bridgehead atoms. The van der Waals surface area contributed by atoms with Gasteiger partial charge in [-0.25, -0.2) is 15.0 Å². The van der Waals surface area contributed by atoms with Crippen molar-refractivity contribution in [1.29, 1.82) is 0 Å². The molecule has 0 aliphatic carbocycles. The molecule has 0 fully saturated rings. The van der Waals surface area contributed by atoms with Gasteiger partial charge < -0.3 is 15.1 Å². The number of likely N-dealkylation sites (N-methyl/N-ethyl adjacent to an activating group) is 2. The largest absolute Gasteiger partial charge is 0.355 e. The van der Waals surface area contributed by atoms with Crippen LogP contribution in [0.3, 0.4) is 0 Å². The minimum Gasteiger partial charge on any atom is -0.355 e. The van der Waals surface area contributed by atoms with Gasteiger partial charge in [0, 0.05) is 47.9 Å². The van der Waals surface area contributed by atoms with Gasteiger partial charge in [0.15, 0.2) is 5.82 Å². The van der Waals surface area contributed by atoms with Gasteiger partial charge in [-0.15, -0.1) is 11.3 Å². The van der Waals surface area contributed by atoms with Crippen molar-refractivity contribution in [2.24, 2.45) is 0 Å². The van der Waals surface area contributed by atoms with Gasteiger partial charge in [0.05, 0.1) is 5.69 Å². The summed E-state index contributed by atoms with van der Waals surface area (Å²) in [6.07, 6.45) is 1.93. The van der Waals surface area contributed by atoms with Crippen LogP contribution in [0.2, 0.25) is 0 Å². The summed E-state index contributed by atoms with van der Waals surface area (Å²) < 4.78 is 0. The van der Waals surface area contributed by atoms with Crippen molar-refractivity contribution >= 4 is 28.7 Å². The summed E-state index contributed by atoms with van der Waals surface area (Å²) in [7, 11) is 4.10. The Bertz CT molecular complexity index is 1380. The molecule has 7 nitrogen and oxygen atoms in total. The van der Waals surface area contributed by atoms with Crippen LogP contribution in [-0.2, 0) is 5.41 Å². The van der Waals surface area contributed by atoms with Gasteiger partial charge in [-0.05, 0) is 38.6 Å². The van der Waals surface area contributed by atoms with Crippen LogP contribution in [0.5, 0.6) is 0 Å². The normalized spacial score (nSPS) is 11.6. The van der Waals surface area contributed by atoms with E-state index in [9.17, 15) is 4.79 Å². The third-order valence-electron chi connectivity index (χ3n) is 6.15. The number of aromatic nitrogens is 3. The molecule has 0 saturated heterocycles. The highest BCUT2D eigenvalue weighted by molar-refractivity contribution is 7.15. The van der Waals surface area contributed by atoms with Crippen LogP contribution >= 0.6 is 11.3 Å². The Balaban J connectivity index is 1.69. The molecular weight excluding hydrogens is 492 g/mol. The van der Waals surface area contributed by atoms with Gasteiger partial charge in [-0.2, -0.15) is 0 Å². The van der Waals surface area contributed by atoms with Crippen molar-refractivity contribution in [3.05, 3.63) is 77.4 Å². The van der Waals surface area contributed by atoms with Crippen LogP contribution in [0.15, 0.2) is 66.9 Å². The highest BCUT2D eigenvalue weighted by atomic mass is 32.1. The maximum Gasteiger partial charge on any atom is 0.274 e. The number of carbonyl (C=O) groups excluding carboxylic acids is 1. The highest BCUT2D eigenvalue weighted by Crippen LogP contribution is 2.36. The summed E-state index contributed by atoms with van der Waals surface area (Å²) in [6, 6.07) is 19.3. The van der Waals surface area contributed by atoms with Gasteiger partial charge in [0.2, 0.25) is 0 Å². The molecule has 0 aliphatic rings. The molecule has 4 aromatic rings. The molecule has 0 spiro atoms. The lowest BCUT2D eigenvalue weighted by molar-refractivity contribution is 0.102. The molecular formula is C30H36N6OS. The number of amides is 1. The molecule has 8 heteroatoms. The maximum absolute atomic E-state index is 13.6. The van der Waals surface area contributed by atoms with E-state index in [0.717, 1.165) is 41.6 Å². The summed E-state index contributed by atoms with van der Waals surface area (Å²) in [5, 5.41) is 3.97. The number of hydrogen-bond acceptors (Lipinski definition) is 7. The molecule has 2 heterocycles. The Kier molecular flexibility index (Phi) is 8.54. The Hall–Kier alpha value is -3.62. The van der Waals surface area contributed by atoms with E-state index < -0.39 is 0 Å². The predicted molar refractivity (Wildman–Crippen MR) is 158 cm³/mol. The van der Waals surface area contributed by atoms with E-state index in [1.807, 2.05) is 74.9 Å². The van der Waals surface area contributed by atoms with E-state index in [4.69, 9.17) is 4.98 Å². The van der Waals surface area contributed by atoms with Crippen molar-refractivity contribution in [3.8, 4) is 22.0 Å². The van der Waals surface area contributed by atoms with Crippen LogP contribution in [0.1, 0.15) is 43.1 Å². The number of benzene rings is 2. The molecule has 1 N–H and O–H groups in total. The first kappa shape index (κ1) is 27.4. The lowest BCUT2D eigenvalue weighted by Gasteiger charge is -2.24. The third kappa shape index (κ3) is 6.62. The molecule has 4 rings (SSSR count). The number of nitrogens with zero attached hydrogens (tertiary/aromatic N) is 5. The standard InChI is InChI=1S/C30H36N6OS/c1-7-36(18-17-35(5)6)26-19-24(32-27(34-26)21-13-9-8-10-14-21)28(37)33-23-16-12-11-15-22(23)29-31-20-25(38-29)30(2,3)4/h8-16,19-20H,7,17-18H2,1-6H3,(H,33,37).